The highest BCUT2D eigenvalue weighted by Crippen LogP contribution is 2.28. The van der Waals surface area contributed by atoms with Crippen LogP contribution in [0, 0.1) is 10.1 Å². The van der Waals surface area contributed by atoms with Crippen LogP contribution >= 0.6 is 0 Å². The van der Waals surface area contributed by atoms with E-state index < -0.39 is 10.8 Å². The summed E-state index contributed by atoms with van der Waals surface area (Å²) in [6.07, 6.45) is 1.31. The van der Waals surface area contributed by atoms with E-state index in [1.807, 2.05) is 13.8 Å². The summed E-state index contributed by atoms with van der Waals surface area (Å²) in [5.74, 6) is 0.536. The van der Waals surface area contributed by atoms with Gasteiger partial charge in [0.25, 0.3) is 11.6 Å². The van der Waals surface area contributed by atoms with E-state index >= 15 is 0 Å². The molecule has 1 amide bonds. The number of nitro groups is 1. The lowest BCUT2D eigenvalue weighted by molar-refractivity contribution is -0.384. The van der Waals surface area contributed by atoms with Crippen molar-refractivity contribution in [2.75, 3.05) is 7.11 Å². The van der Waals surface area contributed by atoms with Gasteiger partial charge in [-0.1, -0.05) is 12.1 Å². The van der Waals surface area contributed by atoms with Crippen molar-refractivity contribution in [2.24, 2.45) is 5.10 Å². The third kappa shape index (κ3) is 5.04. The first-order valence-electron chi connectivity index (χ1n) is 7.83. The van der Waals surface area contributed by atoms with Crippen LogP contribution in [-0.4, -0.2) is 30.3 Å². The van der Waals surface area contributed by atoms with Gasteiger partial charge in [-0.15, -0.1) is 0 Å². The Bertz CT molecular complexity index is 833. The molecule has 2 aromatic carbocycles. The number of hydrogen-bond acceptors (Lipinski definition) is 6. The zero-order valence-electron chi connectivity index (χ0n) is 14.6. The van der Waals surface area contributed by atoms with Crippen molar-refractivity contribution in [3.05, 3.63) is 63.7 Å². The van der Waals surface area contributed by atoms with Gasteiger partial charge in [-0.3, -0.25) is 14.9 Å². The summed E-state index contributed by atoms with van der Waals surface area (Å²) in [4.78, 5) is 22.4. The number of nitrogens with zero attached hydrogens (tertiary/aromatic N) is 2. The number of nitro benzene ring substituents is 1. The molecule has 0 saturated heterocycles. The van der Waals surface area contributed by atoms with Crippen molar-refractivity contribution in [3.8, 4) is 11.5 Å². The van der Waals surface area contributed by atoms with Crippen molar-refractivity contribution in [3.63, 3.8) is 0 Å². The van der Waals surface area contributed by atoms with Gasteiger partial charge in [-0.05, 0) is 32.0 Å². The lowest BCUT2D eigenvalue weighted by Crippen LogP contribution is -2.18. The number of carbonyl (C=O) groups excluding carboxylic acids is 1. The van der Waals surface area contributed by atoms with Crippen LogP contribution in [-0.2, 0) is 0 Å². The van der Waals surface area contributed by atoms with E-state index in [1.54, 1.807) is 30.3 Å². The van der Waals surface area contributed by atoms with Crippen molar-refractivity contribution in [1.82, 2.24) is 5.43 Å². The average molecular weight is 357 g/mol. The van der Waals surface area contributed by atoms with Crippen LogP contribution in [0.25, 0.3) is 0 Å². The Balaban J connectivity index is 2.08. The number of carbonyl (C=O) groups is 1. The predicted molar refractivity (Wildman–Crippen MR) is 96.9 cm³/mol. The predicted octanol–water partition coefficient (Wildman–Crippen LogP) is 3.15. The molecule has 2 rings (SSSR count). The Kier molecular flexibility index (Phi) is 6.26. The third-order valence-electron chi connectivity index (χ3n) is 3.25. The minimum atomic E-state index is -0.497. The highest BCUT2D eigenvalue weighted by atomic mass is 16.6. The molecule has 2 aromatic rings. The zero-order valence-corrected chi connectivity index (χ0v) is 14.6. The molecule has 8 heteroatoms. The van der Waals surface area contributed by atoms with E-state index in [9.17, 15) is 14.9 Å². The Morgan fingerprint density at radius 1 is 1.23 bits per heavy atom. The van der Waals surface area contributed by atoms with Crippen molar-refractivity contribution in [2.45, 2.75) is 20.0 Å². The molecular weight excluding hydrogens is 338 g/mol. The van der Waals surface area contributed by atoms with Gasteiger partial charge >= 0.3 is 0 Å². The lowest BCUT2D eigenvalue weighted by Gasteiger charge is -2.14. The summed E-state index contributed by atoms with van der Waals surface area (Å²) in [5, 5.41) is 14.6. The molecule has 8 nitrogen and oxygen atoms in total. The van der Waals surface area contributed by atoms with Gasteiger partial charge in [0.05, 0.1) is 24.4 Å². The molecule has 0 unspecified atom stereocenters. The Morgan fingerprint density at radius 2 is 2.00 bits per heavy atom. The topological polar surface area (TPSA) is 103 Å². The van der Waals surface area contributed by atoms with Gasteiger partial charge in [0.1, 0.15) is 0 Å². The van der Waals surface area contributed by atoms with E-state index in [4.69, 9.17) is 9.47 Å². The van der Waals surface area contributed by atoms with Gasteiger partial charge < -0.3 is 9.47 Å². The summed E-state index contributed by atoms with van der Waals surface area (Å²) in [5.41, 5.74) is 3.16. The van der Waals surface area contributed by atoms with Crippen LogP contribution in [0.4, 0.5) is 5.69 Å². The normalized spacial score (nSPS) is 10.8. The van der Waals surface area contributed by atoms with Gasteiger partial charge in [-0.25, -0.2) is 5.43 Å². The van der Waals surface area contributed by atoms with E-state index in [-0.39, 0.29) is 11.8 Å². The van der Waals surface area contributed by atoms with E-state index in [1.165, 1.54) is 25.5 Å². The van der Waals surface area contributed by atoms with Crippen LogP contribution in [0.3, 0.4) is 0 Å². The maximum absolute atomic E-state index is 12.2. The Labute approximate surface area is 150 Å². The third-order valence-corrected chi connectivity index (χ3v) is 3.25. The summed E-state index contributed by atoms with van der Waals surface area (Å²) >= 11 is 0. The minimum absolute atomic E-state index is 0.0249. The number of non-ortho nitro benzene ring substituents is 1. The van der Waals surface area contributed by atoms with Crippen molar-refractivity contribution in [1.29, 1.82) is 0 Å². The van der Waals surface area contributed by atoms with E-state index in [0.29, 0.717) is 22.6 Å². The molecule has 0 atom stereocenters. The minimum Gasteiger partial charge on any atom is -0.493 e. The number of ether oxygens (including phenoxy) is 2. The van der Waals surface area contributed by atoms with E-state index in [0.717, 1.165) is 0 Å². The van der Waals surface area contributed by atoms with Crippen LogP contribution in [0.15, 0.2) is 47.6 Å². The van der Waals surface area contributed by atoms with Crippen molar-refractivity contribution >= 4 is 17.8 Å². The molecule has 0 spiro atoms. The number of methoxy groups -OCH3 is 1. The molecule has 0 bridgehead atoms. The lowest BCUT2D eigenvalue weighted by atomic mass is 10.2. The molecule has 0 saturated carbocycles. The SMILES string of the molecule is COc1cc(C(=O)N/N=C\c2cccc([N+](=O)[O-])c2)ccc1OC(C)C. The van der Waals surface area contributed by atoms with Crippen LogP contribution in [0.1, 0.15) is 29.8 Å². The van der Waals surface area contributed by atoms with Crippen molar-refractivity contribution < 1.29 is 19.2 Å². The Morgan fingerprint density at radius 3 is 2.65 bits per heavy atom. The Hall–Kier alpha value is -3.42. The van der Waals surface area contributed by atoms with Crippen LogP contribution in [0.5, 0.6) is 11.5 Å². The van der Waals surface area contributed by atoms with Crippen LogP contribution < -0.4 is 14.9 Å². The molecule has 0 heterocycles. The molecular formula is C18H19N3O5. The second-order valence-electron chi connectivity index (χ2n) is 5.58. The average Bonchev–Trinajstić information content (AvgIpc) is 2.61. The molecule has 0 radical (unpaired) electrons. The molecule has 0 aliphatic carbocycles. The summed E-state index contributed by atoms with van der Waals surface area (Å²) in [6.45, 7) is 3.78. The number of hydrazone groups is 1. The largest absolute Gasteiger partial charge is 0.493 e. The molecule has 0 fully saturated rings. The van der Waals surface area contributed by atoms with Gasteiger partial charge in [-0.2, -0.15) is 5.10 Å². The first-order valence-corrected chi connectivity index (χ1v) is 7.83. The molecule has 0 aliphatic rings. The summed E-state index contributed by atoms with van der Waals surface area (Å²) in [7, 11) is 1.49. The number of hydrogen-bond donors (Lipinski definition) is 1. The first-order chi connectivity index (χ1) is 12.4. The molecule has 0 aromatic heterocycles. The van der Waals surface area contributed by atoms with Crippen LogP contribution in [0.2, 0.25) is 0 Å². The standard InChI is InChI=1S/C18H19N3O5/c1-12(2)26-16-8-7-14(10-17(16)25-3)18(22)20-19-11-13-5-4-6-15(9-13)21(23)24/h4-12H,1-3H3,(H,20,22)/b19-11-. The second-order valence-corrected chi connectivity index (χ2v) is 5.58. The molecule has 26 heavy (non-hydrogen) atoms. The van der Waals surface area contributed by atoms with Gasteiger partial charge in [0, 0.05) is 23.3 Å². The molecule has 136 valence electrons. The van der Waals surface area contributed by atoms with E-state index in [2.05, 4.69) is 10.5 Å². The second kappa shape index (κ2) is 8.61. The number of rotatable bonds is 7. The smallest absolute Gasteiger partial charge is 0.271 e. The number of benzene rings is 2. The highest BCUT2D eigenvalue weighted by molar-refractivity contribution is 5.95. The zero-order chi connectivity index (χ0) is 19.1. The number of nitrogens with one attached hydrogen (secondary N) is 1. The first kappa shape index (κ1) is 18.9. The summed E-state index contributed by atoms with van der Waals surface area (Å²) < 4.78 is 10.8. The fourth-order valence-corrected chi connectivity index (χ4v) is 2.11. The van der Waals surface area contributed by atoms with Gasteiger partial charge in [0.2, 0.25) is 0 Å². The fraction of sp³-hybridized carbons (Fsp3) is 0.222. The maximum atomic E-state index is 12.2. The monoisotopic (exact) mass is 357 g/mol. The maximum Gasteiger partial charge on any atom is 0.271 e. The summed E-state index contributed by atoms with van der Waals surface area (Å²) in [6, 6.07) is 10.7. The molecule has 0 aliphatic heterocycles. The fourth-order valence-electron chi connectivity index (χ4n) is 2.11. The quantitative estimate of drug-likeness (QED) is 0.466. The number of amides is 1. The molecule has 1 N–H and O–H groups in total. The highest BCUT2D eigenvalue weighted by Gasteiger charge is 2.12. The van der Waals surface area contributed by atoms with Gasteiger partial charge in [0.15, 0.2) is 11.5 Å².